The third-order valence-electron chi connectivity index (χ3n) is 5.89. The predicted octanol–water partition coefficient (Wildman–Crippen LogP) is 5.64. The Labute approximate surface area is 202 Å². The van der Waals surface area contributed by atoms with Crippen LogP contribution in [-0.4, -0.2) is 40.9 Å². The molecule has 0 bridgehead atoms. The number of aromatic hydroxyl groups is 2. The molecule has 170 valence electrons. The Balaban J connectivity index is 1.63. The summed E-state index contributed by atoms with van der Waals surface area (Å²) in [6.45, 7) is 1.85. The maximum absolute atomic E-state index is 10.2. The van der Waals surface area contributed by atoms with Crippen LogP contribution in [0.3, 0.4) is 0 Å². The highest BCUT2D eigenvalue weighted by molar-refractivity contribution is 5.95. The monoisotopic (exact) mass is 449 g/mol. The zero-order valence-electron chi connectivity index (χ0n) is 24.3. The Hall–Kier alpha value is -3.44. The van der Waals surface area contributed by atoms with Gasteiger partial charge in [-0.3, -0.25) is 4.90 Å². The van der Waals surface area contributed by atoms with E-state index in [2.05, 4.69) is 11.8 Å². The Bertz CT molecular complexity index is 1410. The molecular weight excluding hydrogens is 414 g/mol. The van der Waals surface area contributed by atoms with E-state index in [1.807, 2.05) is 0 Å². The summed E-state index contributed by atoms with van der Waals surface area (Å²) in [6.07, 6.45) is -0.153. The summed E-state index contributed by atoms with van der Waals surface area (Å²) in [7, 11) is 0. The van der Waals surface area contributed by atoms with Gasteiger partial charge in [0.2, 0.25) is 0 Å². The van der Waals surface area contributed by atoms with E-state index in [4.69, 9.17) is 17.7 Å². The predicted molar refractivity (Wildman–Crippen MR) is 130 cm³/mol. The number of hydrogen-bond acceptors (Lipinski definition) is 5. The smallest absolute Gasteiger partial charge is 0.150 e. The average molecular weight is 450 g/mol. The molecule has 0 aromatic heterocycles. The molecule has 1 atom stereocenters. The normalized spacial score (nSPS) is 21.4. The van der Waals surface area contributed by atoms with E-state index in [1.165, 1.54) is 30.3 Å². The van der Waals surface area contributed by atoms with Crippen LogP contribution < -0.4 is 9.47 Å². The Morgan fingerprint density at radius 1 is 1.06 bits per heavy atom. The first kappa shape index (κ1) is 15.4. The van der Waals surface area contributed by atoms with Crippen molar-refractivity contribution in [3.05, 3.63) is 83.3 Å². The van der Waals surface area contributed by atoms with Crippen LogP contribution in [0.25, 0.3) is 11.1 Å². The van der Waals surface area contributed by atoms with E-state index in [9.17, 15) is 10.2 Å². The fourth-order valence-electron chi connectivity index (χ4n) is 4.24. The summed E-state index contributed by atoms with van der Waals surface area (Å²) in [5.41, 5.74) is 0.914. The maximum Gasteiger partial charge on any atom is 0.150 e. The molecule has 1 saturated heterocycles. The van der Waals surface area contributed by atoms with Gasteiger partial charge < -0.3 is 19.7 Å². The van der Waals surface area contributed by atoms with Crippen molar-refractivity contribution in [2.45, 2.75) is 32.4 Å². The van der Waals surface area contributed by atoms with Crippen LogP contribution in [0.1, 0.15) is 51.2 Å². The van der Waals surface area contributed by atoms with Gasteiger partial charge in [-0.1, -0.05) is 31.2 Å². The Kier molecular flexibility index (Phi) is 4.12. The number of nitrogens with zero attached hydrogens (tertiary/aromatic N) is 1. The third-order valence-corrected chi connectivity index (χ3v) is 5.89. The fourth-order valence-corrected chi connectivity index (χ4v) is 4.24. The van der Waals surface area contributed by atoms with Crippen LogP contribution in [0, 0.1) is 0 Å². The average Bonchev–Trinajstić information content (AvgIpc) is 2.83. The lowest BCUT2D eigenvalue weighted by Crippen LogP contribution is -2.53. The van der Waals surface area contributed by atoms with Crippen molar-refractivity contribution in [2.75, 3.05) is 19.6 Å². The van der Waals surface area contributed by atoms with E-state index in [-0.39, 0.29) is 63.9 Å². The van der Waals surface area contributed by atoms with Gasteiger partial charge in [-0.2, -0.15) is 0 Å². The highest BCUT2D eigenvalue weighted by Gasteiger charge is 2.30. The van der Waals surface area contributed by atoms with Gasteiger partial charge in [-0.15, -0.1) is 0 Å². The molecule has 2 heterocycles. The second-order valence-electron chi connectivity index (χ2n) is 8.34. The van der Waals surface area contributed by atoms with E-state index >= 15 is 0 Å². The summed E-state index contributed by atoms with van der Waals surface area (Å²) in [5.74, 6) is -0.0958. The molecule has 0 saturated carbocycles. The van der Waals surface area contributed by atoms with Crippen molar-refractivity contribution in [1.29, 1.82) is 0 Å². The maximum atomic E-state index is 10.2. The minimum atomic E-state index is -2.68. The molecule has 5 rings (SSSR count). The number of rotatable bonds is 6. The summed E-state index contributed by atoms with van der Waals surface area (Å²) in [4.78, 5) is 2.24. The lowest BCUT2D eigenvalue weighted by Gasteiger charge is -2.38. The first-order valence-corrected chi connectivity index (χ1v) is 11.0. The number of allylic oxidation sites excluding steroid dienone is 1. The molecule has 2 N–H and O–H groups in total. The number of ether oxygens (including phenoxy) is 2. The quantitative estimate of drug-likeness (QED) is 0.510. The standard InChI is InChI=1S/C28H29NO4/c1-3-14-29-16-24(17-29)32-23-11-6-20(7-12-23)28-27(19-4-8-21(30)9-5-19)18(2)25-13-10-22(31)15-26(25)33-28/h4-13,15,24,28,30-31H,3,14,16-17H2,1-2H3/i2D3,11D,12D,13D. The highest BCUT2D eigenvalue weighted by atomic mass is 16.5. The van der Waals surface area contributed by atoms with Gasteiger partial charge in [0.15, 0.2) is 0 Å². The number of benzene rings is 3. The molecule has 0 spiro atoms. The zero-order valence-corrected chi connectivity index (χ0v) is 18.3. The van der Waals surface area contributed by atoms with E-state index < -0.39 is 13.0 Å². The van der Waals surface area contributed by atoms with Crippen LogP contribution in [0.5, 0.6) is 23.0 Å². The molecule has 2 aliphatic rings. The molecule has 3 aromatic carbocycles. The van der Waals surface area contributed by atoms with Gasteiger partial charge in [0.25, 0.3) is 0 Å². The number of phenols is 2. The van der Waals surface area contributed by atoms with Crippen LogP contribution in [0.15, 0.2) is 66.7 Å². The first-order valence-electron chi connectivity index (χ1n) is 14.0. The van der Waals surface area contributed by atoms with E-state index in [1.54, 1.807) is 12.1 Å². The molecule has 1 unspecified atom stereocenters. The molecule has 0 amide bonds. The second kappa shape index (κ2) is 8.83. The number of hydrogen-bond donors (Lipinski definition) is 2. The van der Waals surface area contributed by atoms with Gasteiger partial charge in [-0.05, 0) is 72.8 Å². The van der Waals surface area contributed by atoms with Crippen molar-refractivity contribution in [3.63, 3.8) is 0 Å². The summed E-state index contributed by atoms with van der Waals surface area (Å²) in [5, 5.41) is 20.0. The highest BCUT2D eigenvalue weighted by Crippen LogP contribution is 2.47. The molecule has 0 aliphatic carbocycles. The number of fused-ring (bicyclic) bond motifs is 1. The molecule has 3 aromatic rings. The van der Waals surface area contributed by atoms with Crippen LogP contribution in [-0.2, 0) is 0 Å². The summed E-state index contributed by atoms with van der Waals surface area (Å²) >= 11 is 0. The second-order valence-corrected chi connectivity index (χ2v) is 8.34. The minimum absolute atomic E-state index is 0.00792. The lowest BCUT2D eigenvalue weighted by molar-refractivity contribution is 0.0202. The fraction of sp³-hybridized carbons (Fsp3) is 0.286. The molecule has 1 fully saturated rings. The van der Waals surface area contributed by atoms with Crippen molar-refractivity contribution in [1.82, 2.24) is 4.90 Å². The van der Waals surface area contributed by atoms with Gasteiger partial charge >= 0.3 is 0 Å². The Morgan fingerprint density at radius 2 is 1.82 bits per heavy atom. The van der Waals surface area contributed by atoms with Crippen molar-refractivity contribution in [3.8, 4) is 23.0 Å². The van der Waals surface area contributed by atoms with Crippen LogP contribution in [0.2, 0.25) is 0 Å². The van der Waals surface area contributed by atoms with Gasteiger partial charge in [-0.25, -0.2) is 0 Å². The zero-order chi connectivity index (χ0) is 28.1. The SMILES string of the molecule is [2H]c1cc(C2Oc3cc(O)cc([2H])c3C(C([2H])([2H])[2H])=C2c2ccc(O)cc2)cc([2H])c1OC1CN(CCC)C1. The van der Waals surface area contributed by atoms with E-state index in [0.717, 1.165) is 32.1 Å². The topological polar surface area (TPSA) is 62.2 Å². The first-order chi connectivity index (χ1) is 18.5. The molecule has 2 aliphatic heterocycles. The van der Waals surface area contributed by atoms with E-state index in [0.29, 0.717) is 11.1 Å². The van der Waals surface area contributed by atoms with Gasteiger partial charge in [0.1, 0.15) is 35.2 Å². The van der Waals surface area contributed by atoms with Gasteiger partial charge in [0.05, 0.1) is 4.11 Å². The van der Waals surface area contributed by atoms with Crippen LogP contribution >= 0.6 is 0 Å². The largest absolute Gasteiger partial charge is 0.508 e. The van der Waals surface area contributed by atoms with Crippen molar-refractivity contribution in [2.24, 2.45) is 0 Å². The minimum Gasteiger partial charge on any atom is -0.508 e. The summed E-state index contributed by atoms with van der Waals surface area (Å²) < 4.78 is 63.1. The Morgan fingerprint density at radius 3 is 2.52 bits per heavy atom. The van der Waals surface area contributed by atoms with Gasteiger partial charge in [0, 0.05) is 34.4 Å². The van der Waals surface area contributed by atoms with Crippen molar-refractivity contribution < 1.29 is 27.9 Å². The molecule has 33 heavy (non-hydrogen) atoms. The lowest BCUT2D eigenvalue weighted by atomic mass is 9.86. The number of likely N-dealkylation sites (tertiary alicyclic amines) is 1. The molecule has 0 radical (unpaired) electrons. The molecular formula is C28H29NO4. The molecule has 5 heteroatoms. The number of phenolic OH excluding ortho intramolecular Hbond substituents is 2. The summed E-state index contributed by atoms with van der Waals surface area (Å²) in [6, 6.07) is 11.1. The van der Waals surface area contributed by atoms with Crippen LogP contribution in [0.4, 0.5) is 0 Å². The molecule has 5 nitrogen and oxygen atoms in total. The van der Waals surface area contributed by atoms with Crippen molar-refractivity contribution >= 4 is 11.1 Å². The third kappa shape index (κ3) is 4.29.